The molecule has 104 valence electrons. The summed E-state index contributed by atoms with van der Waals surface area (Å²) >= 11 is 1.41. The Labute approximate surface area is 119 Å². The molecule has 1 amide bonds. The number of thiazole rings is 1. The summed E-state index contributed by atoms with van der Waals surface area (Å²) in [5.74, 6) is 0.686. The van der Waals surface area contributed by atoms with Gasteiger partial charge in [-0.2, -0.15) is 0 Å². The number of carbonyl (C=O) groups excluding carboxylic acids is 1. The van der Waals surface area contributed by atoms with Crippen LogP contribution in [0, 0.1) is 6.92 Å². The van der Waals surface area contributed by atoms with Gasteiger partial charge >= 0.3 is 0 Å². The molecule has 0 radical (unpaired) electrons. The van der Waals surface area contributed by atoms with Gasteiger partial charge in [0, 0.05) is 30.5 Å². The number of nitrogens with zero attached hydrogens (tertiary/aromatic N) is 3. The summed E-state index contributed by atoms with van der Waals surface area (Å²) in [5, 5.41) is 1.76. The van der Waals surface area contributed by atoms with Crippen molar-refractivity contribution in [2.45, 2.75) is 19.3 Å². The fraction of sp³-hybridized carbons (Fsp3) is 0.385. The molecule has 20 heavy (non-hydrogen) atoms. The van der Waals surface area contributed by atoms with E-state index in [-0.39, 0.29) is 17.4 Å². The zero-order valence-electron chi connectivity index (χ0n) is 11.0. The SMILES string of the molecule is Cc1nc(C2CCN(C(=O)c3cscn3)C2)cc(=O)[nH]1. The molecule has 0 aromatic carbocycles. The minimum atomic E-state index is -0.142. The minimum absolute atomic E-state index is 0.0460. The molecule has 1 N–H and O–H groups in total. The van der Waals surface area contributed by atoms with Gasteiger partial charge in [-0.25, -0.2) is 9.97 Å². The Bertz CT molecular complexity index is 680. The average molecular weight is 290 g/mol. The molecule has 1 atom stereocenters. The predicted molar refractivity (Wildman–Crippen MR) is 75.0 cm³/mol. The molecule has 0 saturated carbocycles. The zero-order chi connectivity index (χ0) is 14.1. The van der Waals surface area contributed by atoms with E-state index in [0.717, 1.165) is 12.1 Å². The number of H-pyrrole nitrogens is 1. The van der Waals surface area contributed by atoms with Crippen molar-refractivity contribution in [3.05, 3.63) is 44.5 Å². The highest BCUT2D eigenvalue weighted by atomic mass is 32.1. The Morgan fingerprint density at radius 3 is 3.10 bits per heavy atom. The molecule has 2 aromatic heterocycles. The number of nitrogens with one attached hydrogen (secondary N) is 1. The number of aromatic amines is 1. The molecule has 1 aliphatic heterocycles. The van der Waals surface area contributed by atoms with Gasteiger partial charge in [0.15, 0.2) is 0 Å². The fourth-order valence-electron chi connectivity index (χ4n) is 2.48. The van der Waals surface area contributed by atoms with Gasteiger partial charge in [-0.3, -0.25) is 9.59 Å². The van der Waals surface area contributed by atoms with Crippen molar-refractivity contribution in [2.75, 3.05) is 13.1 Å². The molecule has 1 saturated heterocycles. The van der Waals surface area contributed by atoms with Crippen LogP contribution in [0.3, 0.4) is 0 Å². The van der Waals surface area contributed by atoms with Gasteiger partial charge in [0.2, 0.25) is 0 Å². The van der Waals surface area contributed by atoms with Crippen LogP contribution in [0.2, 0.25) is 0 Å². The third-order valence-corrected chi connectivity index (χ3v) is 4.01. The van der Waals surface area contributed by atoms with Crippen LogP contribution in [0.25, 0.3) is 0 Å². The maximum absolute atomic E-state index is 12.2. The van der Waals surface area contributed by atoms with Crippen molar-refractivity contribution in [2.24, 2.45) is 0 Å². The third kappa shape index (κ3) is 2.49. The van der Waals surface area contributed by atoms with Crippen LogP contribution in [-0.2, 0) is 0 Å². The number of aromatic nitrogens is 3. The summed E-state index contributed by atoms with van der Waals surface area (Å²) in [7, 11) is 0. The summed E-state index contributed by atoms with van der Waals surface area (Å²) in [5.41, 5.74) is 2.77. The highest BCUT2D eigenvalue weighted by molar-refractivity contribution is 7.07. The van der Waals surface area contributed by atoms with Gasteiger partial charge < -0.3 is 9.88 Å². The van der Waals surface area contributed by atoms with E-state index >= 15 is 0 Å². The van der Waals surface area contributed by atoms with Crippen molar-refractivity contribution < 1.29 is 4.79 Å². The van der Waals surface area contributed by atoms with Crippen LogP contribution >= 0.6 is 11.3 Å². The Morgan fingerprint density at radius 2 is 2.40 bits per heavy atom. The van der Waals surface area contributed by atoms with E-state index in [1.54, 1.807) is 22.7 Å². The molecular weight excluding hydrogens is 276 g/mol. The summed E-state index contributed by atoms with van der Waals surface area (Å²) in [4.78, 5) is 36.5. The molecule has 1 unspecified atom stereocenters. The molecule has 0 spiro atoms. The van der Waals surface area contributed by atoms with Crippen molar-refractivity contribution in [1.29, 1.82) is 0 Å². The van der Waals surface area contributed by atoms with Crippen molar-refractivity contribution >= 4 is 17.2 Å². The first-order chi connectivity index (χ1) is 9.63. The van der Waals surface area contributed by atoms with Crippen LogP contribution < -0.4 is 5.56 Å². The minimum Gasteiger partial charge on any atom is -0.337 e. The Morgan fingerprint density at radius 1 is 1.55 bits per heavy atom. The van der Waals surface area contributed by atoms with Crippen LogP contribution in [0.1, 0.15) is 34.3 Å². The van der Waals surface area contributed by atoms with E-state index in [9.17, 15) is 9.59 Å². The molecule has 0 bridgehead atoms. The van der Waals surface area contributed by atoms with E-state index < -0.39 is 0 Å². The largest absolute Gasteiger partial charge is 0.337 e. The fourth-order valence-corrected chi connectivity index (χ4v) is 3.00. The maximum Gasteiger partial charge on any atom is 0.273 e. The number of aryl methyl sites for hydroxylation is 1. The summed E-state index contributed by atoms with van der Waals surface area (Å²) in [6.45, 7) is 3.03. The van der Waals surface area contributed by atoms with E-state index in [1.807, 2.05) is 0 Å². The van der Waals surface area contributed by atoms with Gasteiger partial charge in [0.05, 0.1) is 11.2 Å². The highest BCUT2D eigenvalue weighted by Gasteiger charge is 2.29. The van der Waals surface area contributed by atoms with Gasteiger partial charge in [-0.05, 0) is 13.3 Å². The monoisotopic (exact) mass is 290 g/mol. The first-order valence-electron chi connectivity index (χ1n) is 6.39. The topological polar surface area (TPSA) is 79.0 Å². The molecule has 7 heteroatoms. The van der Waals surface area contributed by atoms with Crippen LogP contribution in [0.4, 0.5) is 0 Å². The number of hydrogen-bond acceptors (Lipinski definition) is 5. The molecule has 1 aliphatic rings. The summed E-state index contributed by atoms with van der Waals surface area (Å²) < 4.78 is 0. The molecule has 3 heterocycles. The van der Waals surface area contributed by atoms with Gasteiger partial charge in [-0.15, -0.1) is 11.3 Å². The smallest absolute Gasteiger partial charge is 0.273 e. The van der Waals surface area contributed by atoms with E-state index in [2.05, 4.69) is 15.0 Å². The van der Waals surface area contributed by atoms with E-state index in [0.29, 0.717) is 24.6 Å². The third-order valence-electron chi connectivity index (χ3n) is 3.43. The number of amides is 1. The number of hydrogen-bond donors (Lipinski definition) is 1. The van der Waals surface area contributed by atoms with E-state index in [1.165, 1.54) is 17.4 Å². The standard InChI is InChI=1S/C13H14N4O2S/c1-8-15-10(4-12(18)16-8)9-2-3-17(5-9)13(19)11-6-20-7-14-11/h4,6-7,9H,2-3,5H2,1H3,(H,15,16,18). The molecule has 2 aromatic rings. The second-order valence-corrected chi connectivity index (χ2v) is 5.58. The van der Waals surface area contributed by atoms with Crippen molar-refractivity contribution in [3.63, 3.8) is 0 Å². The first-order valence-corrected chi connectivity index (χ1v) is 7.33. The maximum atomic E-state index is 12.2. The van der Waals surface area contributed by atoms with Crippen molar-refractivity contribution in [1.82, 2.24) is 19.9 Å². The van der Waals surface area contributed by atoms with Gasteiger partial charge in [0.1, 0.15) is 11.5 Å². The number of carbonyl (C=O) groups is 1. The average Bonchev–Trinajstić information content (AvgIpc) is 3.09. The van der Waals surface area contributed by atoms with Crippen LogP contribution in [-0.4, -0.2) is 38.8 Å². The normalized spacial score (nSPS) is 18.4. The lowest BCUT2D eigenvalue weighted by Crippen LogP contribution is -2.28. The predicted octanol–water partition coefficient (Wildman–Crippen LogP) is 1.16. The van der Waals surface area contributed by atoms with Crippen LogP contribution in [0.15, 0.2) is 21.8 Å². The summed E-state index contributed by atoms with van der Waals surface area (Å²) in [6.07, 6.45) is 0.825. The van der Waals surface area contributed by atoms with Gasteiger partial charge in [0.25, 0.3) is 11.5 Å². The molecule has 6 nitrogen and oxygen atoms in total. The highest BCUT2D eigenvalue weighted by Crippen LogP contribution is 2.26. The molecular formula is C13H14N4O2S. The lowest BCUT2D eigenvalue weighted by atomic mass is 10.0. The molecule has 1 fully saturated rings. The quantitative estimate of drug-likeness (QED) is 0.900. The second-order valence-electron chi connectivity index (χ2n) is 4.87. The number of rotatable bonds is 2. The van der Waals surface area contributed by atoms with Crippen LogP contribution in [0.5, 0.6) is 0 Å². The lowest BCUT2D eigenvalue weighted by Gasteiger charge is -2.15. The summed E-state index contributed by atoms with van der Waals surface area (Å²) in [6, 6.07) is 1.52. The Balaban J connectivity index is 1.76. The zero-order valence-corrected chi connectivity index (χ0v) is 11.8. The van der Waals surface area contributed by atoms with Gasteiger partial charge in [-0.1, -0.05) is 0 Å². The molecule has 3 rings (SSSR count). The Kier molecular flexibility index (Phi) is 3.35. The first kappa shape index (κ1) is 13.0. The Hall–Kier alpha value is -2.02. The second kappa shape index (κ2) is 5.16. The van der Waals surface area contributed by atoms with Crippen molar-refractivity contribution in [3.8, 4) is 0 Å². The number of likely N-dealkylation sites (tertiary alicyclic amines) is 1. The van der Waals surface area contributed by atoms with E-state index in [4.69, 9.17) is 0 Å². The molecule has 0 aliphatic carbocycles. The lowest BCUT2D eigenvalue weighted by molar-refractivity contribution is 0.0785.